The number of amides is 2. The molecule has 1 aromatic heterocycles. The first-order valence-electron chi connectivity index (χ1n) is 10.2. The molecule has 0 saturated carbocycles. The highest BCUT2D eigenvalue weighted by Crippen LogP contribution is 2.26. The second-order valence-electron chi connectivity index (χ2n) is 8.20. The molecular weight excluding hydrogens is 480 g/mol. The second-order valence-corrected chi connectivity index (χ2v) is 11.1. The molecule has 1 heterocycles. The first-order valence-corrected chi connectivity index (χ1v) is 12.5. The Morgan fingerprint density at radius 3 is 2.59 bits per heavy atom. The van der Waals surface area contributed by atoms with Gasteiger partial charge in [-0.3, -0.25) is 4.79 Å². The third-order valence-electron chi connectivity index (χ3n) is 4.27. The number of fused-ring (bicyclic) bond motifs is 1. The van der Waals surface area contributed by atoms with E-state index in [1.54, 1.807) is 40.0 Å². The van der Waals surface area contributed by atoms with Crippen molar-refractivity contribution in [3.05, 3.63) is 47.5 Å². The fraction of sp³-hybridized carbons (Fsp3) is 0.318. The van der Waals surface area contributed by atoms with Gasteiger partial charge in [0.2, 0.25) is 15.9 Å². The number of methoxy groups -OCH3 is 1. The molecule has 0 atom stereocenters. The molecule has 0 aliphatic heterocycles. The van der Waals surface area contributed by atoms with Crippen LogP contribution in [0.4, 0.5) is 10.5 Å². The number of anilines is 1. The van der Waals surface area contributed by atoms with E-state index in [0.29, 0.717) is 10.8 Å². The maximum Gasteiger partial charge on any atom is 0.408 e. The normalized spacial score (nSPS) is 11.8. The first-order chi connectivity index (χ1) is 15.9. The number of rotatable bonds is 8. The van der Waals surface area contributed by atoms with E-state index < -0.39 is 27.6 Å². The lowest BCUT2D eigenvalue weighted by Gasteiger charge is -2.19. The number of aromatic nitrogens is 1. The predicted octanol–water partition coefficient (Wildman–Crippen LogP) is 3.25. The Morgan fingerprint density at radius 1 is 1.12 bits per heavy atom. The molecule has 0 saturated heterocycles. The molecule has 12 heteroatoms. The van der Waals surface area contributed by atoms with Crippen LogP contribution in [0.1, 0.15) is 25.8 Å². The van der Waals surface area contributed by atoms with E-state index in [-0.39, 0.29) is 23.7 Å². The van der Waals surface area contributed by atoms with E-state index in [4.69, 9.17) is 9.47 Å². The van der Waals surface area contributed by atoms with E-state index in [9.17, 15) is 18.0 Å². The second kappa shape index (κ2) is 10.4. The fourth-order valence-corrected chi connectivity index (χ4v) is 4.87. The van der Waals surface area contributed by atoms with E-state index in [1.165, 1.54) is 29.5 Å². The topological polar surface area (TPSA) is 136 Å². The Kier molecular flexibility index (Phi) is 7.75. The molecule has 0 unspecified atom stereocenters. The van der Waals surface area contributed by atoms with Crippen LogP contribution in [-0.2, 0) is 26.1 Å². The van der Waals surface area contributed by atoms with Crippen molar-refractivity contribution in [2.75, 3.05) is 19.0 Å². The fourth-order valence-electron chi connectivity index (χ4n) is 2.81. The molecule has 3 N–H and O–H groups in total. The summed E-state index contributed by atoms with van der Waals surface area (Å²) < 4.78 is 39.2. The van der Waals surface area contributed by atoms with Crippen LogP contribution < -0.4 is 20.1 Å². The summed E-state index contributed by atoms with van der Waals surface area (Å²) in [6.07, 6.45) is -0.725. The Balaban J connectivity index is 1.60. The summed E-state index contributed by atoms with van der Waals surface area (Å²) in [5.41, 5.74) is 0.338. The van der Waals surface area contributed by atoms with Crippen LogP contribution in [0.25, 0.3) is 10.2 Å². The number of nitrogens with one attached hydrogen (secondary N) is 3. The number of carbonyl (C=O) groups excluding carboxylic acids is 2. The van der Waals surface area contributed by atoms with Gasteiger partial charge in [0.1, 0.15) is 22.9 Å². The van der Waals surface area contributed by atoms with Crippen molar-refractivity contribution < 1.29 is 27.5 Å². The molecule has 2 aromatic carbocycles. The minimum absolute atomic E-state index is 0.0143. The number of sulfonamides is 1. The van der Waals surface area contributed by atoms with Gasteiger partial charge in [-0.15, -0.1) is 11.3 Å². The zero-order valence-electron chi connectivity index (χ0n) is 19.2. The van der Waals surface area contributed by atoms with Crippen LogP contribution in [0.15, 0.2) is 47.4 Å². The van der Waals surface area contributed by atoms with Crippen molar-refractivity contribution in [2.45, 2.75) is 37.8 Å². The van der Waals surface area contributed by atoms with Gasteiger partial charge in [-0.25, -0.2) is 22.9 Å². The number of hydrogen-bond donors (Lipinski definition) is 3. The summed E-state index contributed by atoms with van der Waals surface area (Å²) in [5.74, 6) is 0.168. The van der Waals surface area contributed by atoms with Gasteiger partial charge in [-0.2, -0.15) is 0 Å². The highest BCUT2D eigenvalue weighted by molar-refractivity contribution is 7.89. The zero-order chi connectivity index (χ0) is 24.9. The minimum Gasteiger partial charge on any atom is -0.497 e. The van der Waals surface area contributed by atoms with Gasteiger partial charge in [-0.05, 0) is 57.2 Å². The molecule has 0 aliphatic rings. The van der Waals surface area contributed by atoms with Gasteiger partial charge in [0, 0.05) is 5.69 Å². The number of thiazole rings is 1. The zero-order valence-corrected chi connectivity index (χ0v) is 20.8. The molecule has 0 fully saturated rings. The summed E-state index contributed by atoms with van der Waals surface area (Å²) in [5, 5.41) is 5.50. The van der Waals surface area contributed by atoms with Gasteiger partial charge < -0.3 is 20.1 Å². The number of nitrogens with zero attached hydrogens (tertiary/aromatic N) is 1. The summed E-state index contributed by atoms with van der Waals surface area (Å²) in [7, 11) is -2.29. The van der Waals surface area contributed by atoms with Crippen LogP contribution in [0, 0.1) is 0 Å². The van der Waals surface area contributed by atoms with Crippen LogP contribution in [-0.4, -0.2) is 44.7 Å². The number of alkyl carbamates (subject to hydrolysis) is 1. The summed E-state index contributed by atoms with van der Waals surface area (Å²) in [4.78, 5) is 28.2. The Morgan fingerprint density at radius 2 is 1.88 bits per heavy atom. The molecule has 0 spiro atoms. The van der Waals surface area contributed by atoms with Crippen molar-refractivity contribution >= 4 is 49.3 Å². The van der Waals surface area contributed by atoms with Crippen molar-refractivity contribution in [3.63, 3.8) is 0 Å². The van der Waals surface area contributed by atoms with Crippen molar-refractivity contribution in [3.8, 4) is 5.75 Å². The Labute approximate surface area is 201 Å². The number of benzene rings is 2. The summed E-state index contributed by atoms with van der Waals surface area (Å²) in [6, 6.07) is 11.2. The Hall–Kier alpha value is -3.22. The highest BCUT2D eigenvalue weighted by Gasteiger charge is 2.18. The minimum atomic E-state index is -3.86. The summed E-state index contributed by atoms with van der Waals surface area (Å²) >= 11 is 1.37. The molecule has 0 radical (unpaired) electrons. The number of carbonyl (C=O) groups is 2. The lowest BCUT2D eigenvalue weighted by Crippen LogP contribution is -2.37. The monoisotopic (exact) mass is 506 g/mol. The van der Waals surface area contributed by atoms with Crippen LogP contribution in [0.3, 0.4) is 0 Å². The third-order valence-corrected chi connectivity index (χ3v) is 6.69. The smallest absolute Gasteiger partial charge is 0.408 e. The van der Waals surface area contributed by atoms with Gasteiger partial charge in [0.15, 0.2) is 0 Å². The molecule has 3 rings (SSSR count). The van der Waals surface area contributed by atoms with E-state index in [1.807, 2.05) is 12.1 Å². The van der Waals surface area contributed by atoms with Gasteiger partial charge in [0.05, 0.1) is 28.8 Å². The van der Waals surface area contributed by atoms with Crippen molar-refractivity contribution in [1.29, 1.82) is 0 Å². The predicted molar refractivity (Wildman–Crippen MR) is 130 cm³/mol. The molecule has 0 aliphatic carbocycles. The third kappa shape index (κ3) is 7.14. The molecule has 3 aromatic rings. The average Bonchev–Trinajstić information content (AvgIpc) is 3.17. The van der Waals surface area contributed by atoms with Crippen LogP contribution >= 0.6 is 11.3 Å². The highest BCUT2D eigenvalue weighted by atomic mass is 32.2. The van der Waals surface area contributed by atoms with E-state index in [2.05, 4.69) is 20.3 Å². The largest absolute Gasteiger partial charge is 0.497 e. The molecule has 182 valence electrons. The maximum atomic E-state index is 12.8. The molecule has 34 heavy (non-hydrogen) atoms. The first kappa shape index (κ1) is 25.4. The lowest BCUT2D eigenvalue weighted by atomic mass is 10.2. The maximum absolute atomic E-state index is 12.8. The quantitative estimate of drug-likeness (QED) is 0.427. The molecular formula is C22H26N4O6S2. The average molecular weight is 507 g/mol. The van der Waals surface area contributed by atoms with Crippen molar-refractivity contribution in [1.82, 2.24) is 15.0 Å². The van der Waals surface area contributed by atoms with E-state index in [0.717, 1.165) is 10.2 Å². The van der Waals surface area contributed by atoms with E-state index >= 15 is 0 Å². The molecule has 0 bridgehead atoms. The van der Waals surface area contributed by atoms with Crippen molar-refractivity contribution in [2.24, 2.45) is 0 Å². The van der Waals surface area contributed by atoms with Crippen LogP contribution in [0.2, 0.25) is 0 Å². The Bertz CT molecular complexity index is 1300. The van der Waals surface area contributed by atoms with Gasteiger partial charge in [-0.1, -0.05) is 6.07 Å². The van der Waals surface area contributed by atoms with Gasteiger partial charge in [0.25, 0.3) is 0 Å². The standard InChI is InChI=1S/C22H26N4O6S2/c1-22(2,3)32-21(28)23-12-19(27)25-14-6-5-7-16(10-14)34(29,30)24-13-20-26-17-9-8-15(31-4)11-18(17)33-20/h5-11,24H,12-13H2,1-4H3,(H,23,28)(H,25,27). The number of hydrogen-bond acceptors (Lipinski definition) is 8. The van der Waals surface area contributed by atoms with Gasteiger partial charge >= 0.3 is 6.09 Å². The number of ether oxygens (including phenoxy) is 2. The summed E-state index contributed by atoms with van der Waals surface area (Å²) in [6.45, 7) is 4.81. The SMILES string of the molecule is COc1ccc2nc(CNS(=O)(=O)c3cccc(NC(=O)CNC(=O)OC(C)(C)C)c3)sc2c1. The molecule has 2 amide bonds. The van der Waals surface area contributed by atoms with Crippen LogP contribution in [0.5, 0.6) is 5.75 Å². The lowest BCUT2D eigenvalue weighted by molar-refractivity contribution is -0.115. The molecule has 10 nitrogen and oxygen atoms in total.